The van der Waals surface area contributed by atoms with Crippen LogP contribution in [0.1, 0.15) is 39.5 Å². The Morgan fingerprint density at radius 2 is 0.980 bits per heavy atom. The van der Waals surface area contributed by atoms with Crippen LogP contribution >= 0.6 is 0 Å². The van der Waals surface area contributed by atoms with Crippen LogP contribution in [0.4, 0.5) is 9.59 Å². The Hall–Kier alpha value is -5.68. The molecule has 18 heteroatoms. The minimum atomic E-state index is -1.15. The Labute approximate surface area is 288 Å². The van der Waals surface area contributed by atoms with Gasteiger partial charge < -0.3 is 47.0 Å². The Morgan fingerprint density at radius 3 is 1.32 bits per heavy atom. The topological polar surface area (TPSA) is 212 Å². The third-order valence-corrected chi connectivity index (χ3v) is 6.13. The summed E-state index contributed by atoms with van der Waals surface area (Å²) in [7, 11) is 0. The van der Waals surface area contributed by atoms with Crippen LogP contribution in [-0.2, 0) is 70.2 Å². The van der Waals surface area contributed by atoms with Crippen LogP contribution in [0.3, 0.4) is 0 Å². The number of carbonyl (C=O) groups excluding carboxylic acids is 6. The van der Waals surface area contributed by atoms with Crippen molar-refractivity contribution in [1.29, 1.82) is 0 Å². The van der Waals surface area contributed by atoms with E-state index in [0.29, 0.717) is 13.1 Å². The molecule has 0 aromatic carbocycles. The second-order valence-corrected chi connectivity index (χ2v) is 10.6. The summed E-state index contributed by atoms with van der Waals surface area (Å²) in [5.74, 6) is -2.60. The molecule has 2 unspecified atom stereocenters. The number of imidazole rings is 2. The van der Waals surface area contributed by atoms with Gasteiger partial charge in [-0.05, 0) is 26.7 Å². The van der Waals surface area contributed by atoms with Gasteiger partial charge in [-0.2, -0.15) is 0 Å². The maximum atomic E-state index is 12.2. The predicted octanol–water partition coefficient (Wildman–Crippen LogP) is 2.71. The van der Waals surface area contributed by atoms with Crippen molar-refractivity contribution in [3.63, 3.8) is 0 Å². The zero-order valence-electron chi connectivity index (χ0n) is 28.0. The predicted molar refractivity (Wildman–Crippen MR) is 169 cm³/mol. The van der Waals surface area contributed by atoms with Gasteiger partial charge in [-0.15, -0.1) is 0 Å². The summed E-state index contributed by atoms with van der Waals surface area (Å²) >= 11 is 0. The molecule has 50 heavy (non-hydrogen) atoms. The molecule has 274 valence electrons. The number of rotatable bonds is 23. The molecule has 0 saturated carbocycles. The number of ether oxygens (including phenoxy) is 8. The molecule has 0 spiro atoms. The number of aryl methyl sites for hydroxylation is 2. The highest BCUT2D eigenvalue weighted by molar-refractivity contribution is 5.87. The monoisotopic (exact) mass is 706 g/mol. The lowest BCUT2D eigenvalue weighted by Gasteiger charge is -2.18. The normalized spacial score (nSPS) is 11.6. The summed E-state index contributed by atoms with van der Waals surface area (Å²) < 4.78 is 44.1. The highest BCUT2D eigenvalue weighted by atomic mass is 16.7. The molecule has 0 amide bonds. The average Bonchev–Trinajstić information content (AvgIpc) is 3.81. The number of unbranched alkanes of at least 4 members (excludes halogenated alkanes) is 1. The van der Waals surface area contributed by atoms with Gasteiger partial charge in [0.05, 0.1) is 38.7 Å². The Morgan fingerprint density at radius 1 is 0.600 bits per heavy atom. The van der Waals surface area contributed by atoms with Gasteiger partial charge in [-0.1, -0.05) is 13.2 Å². The molecule has 18 nitrogen and oxygen atoms in total. The third kappa shape index (κ3) is 18.0. The van der Waals surface area contributed by atoms with Crippen molar-refractivity contribution in [2.24, 2.45) is 0 Å². The SMILES string of the molecule is C=C(C)C(=O)OCC(COC(=O)CCn1ccnc1)OC(=O)OCCCCOC(=O)OC(COC(=O)CCn1ccnc1)COC(=O)C(=C)C. The van der Waals surface area contributed by atoms with Crippen molar-refractivity contribution in [3.05, 3.63) is 61.7 Å². The summed E-state index contributed by atoms with van der Waals surface area (Å²) in [6.45, 7) is 8.61. The van der Waals surface area contributed by atoms with Crippen LogP contribution in [0.2, 0.25) is 0 Å². The fourth-order valence-electron chi connectivity index (χ4n) is 3.47. The third-order valence-electron chi connectivity index (χ3n) is 6.13. The molecule has 0 saturated heterocycles. The highest BCUT2D eigenvalue weighted by Gasteiger charge is 2.22. The molecule has 0 N–H and O–H groups in total. The summed E-state index contributed by atoms with van der Waals surface area (Å²) in [6, 6.07) is 0. The smallest absolute Gasteiger partial charge is 0.462 e. The highest BCUT2D eigenvalue weighted by Crippen LogP contribution is 2.06. The minimum Gasteiger partial charge on any atom is -0.462 e. The molecule has 0 aliphatic rings. The van der Waals surface area contributed by atoms with E-state index in [4.69, 9.17) is 37.9 Å². The van der Waals surface area contributed by atoms with Gasteiger partial charge in [0, 0.05) is 49.0 Å². The van der Waals surface area contributed by atoms with Crippen molar-refractivity contribution >= 4 is 36.2 Å². The van der Waals surface area contributed by atoms with Gasteiger partial charge in [-0.25, -0.2) is 29.1 Å². The zero-order valence-corrected chi connectivity index (χ0v) is 28.0. The van der Waals surface area contributed by atoms with E-state index in [9.17, 15) is 28.8 Å². The van der Waals surface area contributed by atoms with E-state index < -0.39 is 74.8 Å². The van der Waals surface area contributed by atoms with Gasteiger partial charge in [0.15, 0.2) is 12.2 Å². The van der Waals surface area contributed by atoms with E-state index in [0.717, 1.165) is 0 Å². The van der Waals surface area contributed by atoms with E-state index in [1.54, 1.807) is 46.6 Å². The fraction of sp³-hybridized carbons (Fsp3) is 0.500. The first kappa shape index (κ1) is 40.5. The number of aromatic nitrogens is 4. The average molecular weight is 707 g/mol. The van der Waals surface area contributed by atoms with E-state index in [1.807, 2.05) is 0 Å². The molecule has 0 aliphatic carbocycles. The second kappa shape index (κ2) is 22.8. The summed E-state index contributed by atoms with van der Waals surface area (Å²) in [5, 5.41) is 0. The molecule has 2 aromatic heterocycles. The van der Waals surface area contributed by atoms with Crippen LogP contribution in [0.5, 0.6) is 0 Å². The fourth-order valence-corrected chi connectivity index (χ4v) is 3.47. The van der Waals surface area contributed by atoms with Gasteiger partial charge in [0.1, 0.15) is 26.4 Å². The van der Waals surface area contributed by atoms with Gasteiger partial charge >= 0.3 is 36.2 Å². The Bertz CT molecular complexity index is 1300. The lowest BCUT2D eigenvalue weighted by molar-refractivity contribution is -0.153. The number of hydrogen-bond donors (Lipinski definition) is 0. The lowest BCUT2D eigenvalue weighted by Crippen LogP contribution is -2.31. The first-order chi connectivity index (χ1) is 23.9. The molecule has 2 aromatic rings. The van der Waals surface area contributed by atoms with Gasteiger partial charge in [-0.3, -0.25) is 9.59 Å². The lowest BCUT2D eigenvalue weighted by atomic mass is 10.3. The number of nitrogens with zero attached hydrogens (tertiary/aromatic N) is 4. The van der Waals surface area contributed by atoms with Crippen LogP contribution in [0.25, 0.3) is 0 Å². The standard InChI is InChI=1S/C32H42N4O14/c1-23(2)29(39)47-19-25(17-45-27(37)7-11-35-13-9-33-21-35)49-31(41)43-15-5-6-16-44-32(42)50-26(20-48-30(40)24(3)4)18-46-28(38)8-12-36-14-10-34-22-36/h9-10,13-14,21-22,25-26H,1,3,5-8,11-12,15-20H2,2,4H3. The van der Waals surface area contributed by atoms with Crippen molar-refractivity contribution in [2.45, 2.75) is 64.8 Å². The zero-order chi connectivity index (χ0) is 36.7. The molecule has 2 rings (SSSR count). The van der Waals surface area contributed by atoms with Crippen LogP contribution < -0.4 is 0 Å². The second-order valence-electron chi connectivity index (χ2n) is 10.6. The van der Waals surface area contributed by atoms with Crippen molar-refractivity contribution in [1.82, 2.24) is 19.1 Å². The van der Waals surface area contributed by atoms with E-state index >= 15 is 0 Å². The molecule has 0 aliphatic heterocycles. The van der Waals surface area contributed by atoms with Crippen molar-refractivity contribution < 1.29 is 66.7 Å². The minimum absolute atomic E-state index is 0.0266. The van der Waals surface area contributed by atoms with Crippen LogP contribution in [-0.4, -0.2) is 107 Å². The Kier molecular flexibility index (Phi) is 18.5. The van der Waals surface area contributed by atoms with Crippen molar-refractivity contribution in [2.75, 3.05) is 39.6 Å². The molecule has 2 atom stereocenters. The van der Waals surface area contributed by atoms with Crippen LogP contribution in [0.15, 0.2) is 61.7 Å². The van der Waals surface area contributed by atoms with E-state index in [1.165, 1.54) is 13.8 Å². The molecule has 2 heterocycles. The quantitative estimate of drug-likeness (QED) is 0.0703. The maximum Gasteiger partial charge on any atom is 0.508 e. The molecule has 0 radical (unpaired) electrons. The summed E-state index contributed by atoms with van der Waals surface area (Å²) in [5.41, 5.74) is 0.245. The molecule has 0 bridgehead atoms. The van der Waals surface area contributed by atoms with Crippen molar-refractivity contribution in [3.8, 4) is 0 Å². The van der Waals surface area contributed by atoms with Gasteiger partial charge in [0.2, 0.25) is 0 Å². The number of esters is 4. The summed E-state index contributed by atoms with van der Waals surface area (Å²) in [6.07, 6.45) is 5.60. The van der Waals surface area contributed by atoms with Gasteiger partial charge in [0.25, 0.3) is 0 Å². The number of carbonyl (C=O) groups is 6. The largest absolute Gasteiger partial charge is 0.508 e. The van der Waals surface area contributed by atoms with E-state index in [2.05, 4.69) is 23.1 Å². The molecular formula is C32H42N4O14. The molecular weight excluding hydrogens is 664 g/mol. The maximum absolute atomic E-state index is 12.2. The Balaban J connectivity index is 1.71. The number of hydrogen-bond acceptors (Lipinski definition) is 16. The van der Waals surface area contributed by atoms with Crippen LogP contribution in [0, 0.1) is 0 Å². The first-order valence-corrected chi connectivity index (χ1v) is 15.5. The summed E-state index contributed by atoms with van der Waals surface area (Å²) in [4.78, 5) is 80.1. The van der Waals surface area contributed by atoms with E-state index in [-0.39, 0.29) is 50.0 Å². The first-order valence-electron chi connectivity index (χ1n) is 15.5. The molecule has 0 fully saturated rings.